The Kier molecular flexibility index (Phi) is 5.34. The van der Waals surface area contributed by atoms with Gasteiger partial charge in [-0.2, -0.15) is 0 Å². The highest BCUT2D eigenvalue weighted by Crippen LogP contribution is 2.44. The van der Waals surface area contributed by atoms with Crippen molar-refractivity contribution in [3.05, 3.63) is 35.6 Å². The summed E-state index contributed by atoms with van der Waals surface area (Å²) < 4.78 is 18.6. The van der Waals surface area contributed by atoms with Crippen molar-refractivity contribution in [3.8, 4) is 0 Å². The van der Waals surface area contributed by atoms with Crippen LogP contribution in [-0.4, -0.2) is 12.1 Å². The lowest BCUT2D eigenvalue weighted by Crippen LogP contribution is -2.35. The van der Waals surface area contributed by atoms with E-state index in [-0.39, 0.29) is 17.9 Å². The molecule has 4 atom stereocenters. The van der Waals surface area contributed by atoms with Gasteiger partial charge in [-0.1, -0.05) is 26.2 Å². The molecule has 0 aliphatic heterocycles. The zero-order valence-electron chi connectivity index (χ0n) is 14.0. The van der Waals surface area contributed by atoms with E-state index in [2.05, 4.69) is 6.92 Å². The third-order valence-corrected chi connectivity index (χ3v) is 5.72. The minimum Gasteiger partial charge on any atom is -0.459 e. The van der Waals surface area contributed by atoms with Gasteiger partial charge in [0, 0.05) is 0 Å². The van der Waals surface area contributed by atoms with E-state index in [9.17, 15) is 9.18 Å². The second-order valence-corrected chi connectivity index (χ2v) is 7.34. The summed E-state index contributed by atoms with van der Waals surface area (Å²) in [6.07, 6.45) is 9.88. The first-order valence-electron chi connectivity index (χ1n) is 9.12. The lowest BCUT2D eigenvalue weighted by atomic mass is 9.66. The van der Waals surface area contributed by atoms with Gasteiger partial charge in [0.05, 0.1) is 5.56 Å². The Morgan fingerprint density at radius 2 is 1.78 bits per heavy atom. The fourth-order valence-electron chi connectivity index (χ4n) is 4.53. The van der Waals surface area contributed by atoms with Gasteiger partial charge in [-0.15, -0.1) is 0 Å². The van der Waals surface area contributed by atoms with Crippen LogP contribution < -0.4 is 0 Å². The molecule has 23 heavy (non-hydrogen) atoms. The SMILES string of the molecule is CCC[C@@H]1CC[C@@H]2C[C@H](OC(=O)c3ccc(F)cc3)CC[C@@H]2C1. The average Bonchev–Trinajstić information content (AvgIpc) is 2.56. The van der Waals surface area contributed by atoms with Crippen molar-refractivity contribution in [1.29, 1.82) is 0 Å². The molecule has 0 radical (unpaired) electrons. The normalized spacial score (nSPS) is 30.5. The molecule has 0 saturated heterocycles. The Balaban J connectivity index is 1.52. The lowest BCUT2D eigenvalue weighted by molar-refractivity contribution is -0.00620. The van der Waals surface area contributed by atoms with Crippen molar-refractivity contribution in [3.63, 3.8) is 0 Å². The van der Waals surface area contributed by atoms with Crippen LogP contribution in [0.15, 0.2) is 24.3 Å². The number of benzene rings is 1. The number of esters is 1. The molecule has 0 bridgehead atoms. The number of carbonyl (C=O) groups excluding carboxylic acids is 1. The predicted octanol–water partition coefficient (Wildman–Crippen LogP) is 5.37. The Bertz CT molecular complexity index is 525. The minimum atomic E-state index is -0.328. The molecule has 126 valence electrons. The maximum Gasteiger partial charge on any atom is 0.338 e. The zero-order chi connectivity index (χ0) is 16.2. The van der Waals surface area contributed by atoms with E-state index in [1.165, 1.54) is 62.8 Å². The maximum absolute atomic E-state index is 12.9. The highest BCUT2D eigenvalue weighted by atomic mass is 19.1. The third kappa shape index (κ3) is 4.13. The molecule has 0 heterocycles. The molecule has 0 aromatic heterocycles. The maximum atomic E-state index is 12.9. The van der Waals surface area contributed by atoms with E-state index in [1.807, 2.05) is 0 Å². The number of hydrogen-bond acceptors (Lipinski definition) is 2. The van der Waals surface area contributed by atoms with E-state index < -0.39 is 0 Å². The Labute approximate surface area is 138 Å². The summed E-state index contributed by atoms with van der Waals surface area (Å²) in [5.41, 5.74) is 0.445. The molecule has 0 amide bonds. The van der Waals surface area contributed by atoms with Gasteiger partial charge in [-0.25, -0.2) is 9.18 Å². The van der Waals surface area contributed by atoms with Gasteiger partial charge in [0.2, 0.25) is 0 Å². The van der Waals surface area contributed by atoms with Crippen LogP contribution in [-0.2, 0) is 4.74 Å². The molecule has 2 nitrogen and oxygen atoms in total. The standard InChI is InChI=1S/C20H27FO2/c1-2-3-14-4-5-17-13-19(11-8-16(17)12-14)23-20(22)15-6-9-18(21)10-7-15/h6-7,9-10,14,16-17,19H,2-5,8,11-13H2,1H3/t14-,16-,17-,19-/m1/s1. The Hall–Kier alpha value is -1.38. The smallest absolute Gasteiger partial charge is 0.338 e. The molecule has 2 aliphatic rings. The van der Waals surface area contributed by atoms with Crippen molar-refractivity contribution >= 4 is 5.97 Å². The fraction of sp³-hybridized carbons (Fsp3) is 0.650. The first kappa shape index (κ1) is 16.5. The molecule has 2 fully saturated rings. The highest BCUT2D eigenvalue weighted by molar-refractivity contribution is 5.89. The molecule has 0 N–H and O–H groups in total. The summed E-state index contributed by atoms with van der Waals surface area (Å²) in [6.45, 7) is 2.28. The van der Waals surface area contributed by atoms with Gasteiger partial charge in [0.15, 0.2) is 0 Å². The van der Waals surface area contributed by atoms with Gasteiger partial charge in [-0.05, 0) is 74.1 Å². The van der Waals surface area contributed by atoms with Gasteiger partial charge in [0.25, 0.3) is 0 Å². The topological polar surface area (TPSA) is 26.3 Å². The molecule has 3 heteroatoms. The molecular weight excluding hydrogens is 291 g/mol. The number of halogens is 1. The number of rotatable bonds is 4. The second-order valence-electron chi connectivity index (χ2n) is 7.34. The summed E-state index contributed by atoms with van der Waals surface area (Å²) >= 11 is 0. The first-order chi connectivity index (χ1) is 11.2. The summed E-state index contributed by atoms with van der Waals surface area (Å²) in [7, 11) is 0. The summed E-state index contributed by atoms with van der Waals surface area (Å²) in [5.74, 6) is 1.84. The van der Waals surface area contributed by atoms with Crippen molar-refractivity contribution in [2.45, 2.75) is 64.4 Å². The second kappa shape index (κ2) is 7.46. The van der Waals surface area contributed by atoms with Crippen LogP contribution >= 0.6 is 0 Å². The van der Waals surface area contributed by atoms with E-state index in [0.29, 0.717) is 5.56 Å². The molecular formula is C20H27FO2. The summed E-state index contributed by atoms with van der Waals surface area (Å²) in [4.78, 5) is 12.2. The quantitative estimate of drug-likeness (QED) is 0.698. The minimum absolute atomic E-state index is 0.0385. The van der Waals surface area contributed by atoms with Crippen LogP contribution in [0.5, 0.6) is 0 Å². The van der Waals surface area contributed by atoms with E-state index in [1.54, 1.807) is 0 Å². The number of fused-ring (bicyclic) bond motifs is 1. The van der Waals surface area contributed by atoms with Crippen LogP contribution in [0.25, 0.3) is 0 Å². The predicted molar refractivity (Wildman–Crippen MR) is 88.7 cm³/mol. The monoisotopic (exact) mass is 318 g/mol. The van der Waals surface area contributed by atoms with Gasteiger partial charge < -0.3 is 4.74 Å². The van der Waals surface area contributed by atoms with Crippen molar-refractivity contribution in [2.24, 2.45) is 17.8 Å². The highest BCUT2D eigenvalue weighted by Gasteiger charge is 2.36. The van der Waals surface area contributed by atoms with Gasteiger partial charge in [-0.3, -0.25) is 0 Å². The van der Waals surface area contributed by atoms with E-state index in [4.69, 9.17) is 4.74 Å². The molecule has 1 aromatic rings. The molecule has 3 rings (SSSR count). The van der Waals surface area contributed by atoms with Crippen LogP contribution in [0.2, 0.25) is 0 Å². The van der Waals surface area contributed by atoms with E-state index in [0.717, 1.165) is 30.6 Å². The Morgan fingerprint density at radius 1 is 1.09 bits per heavy atom. The van der Waals surface area contributed by atoms with Crippen molar-refractivity contribution < 1.29 is 13.9 Å². The fourth-order valence-corrected chi connectivity index (χ4v) is 4.53. The number of carbonyl (C=O) groups is 1. The number of hydrogen-bond donors (Lipinski definition) is 0. The zero-order valence-corrected chi connectivity index (χ0v) is 14.0. The Morgan fingerprint density at radius 3 is 2.52 bits per heavy atom. The van der Waals surface area contributed by atoms with Crippen molar-refractivity contribution in [1.82, 2.24) is 0 Å². The van der Waals surface area contributed by atoms with Gasteiger partial charge in [0.1, 0.15) is 11.9 Å². The van der Waals surface area contributed by atoms with Crippen molar-refractivity contribution in [2.75, 3.05) is 0 Å². The molecule has 2 aliphatic carbocycles. The molecule has 0 spiro atoms. The molecule has 0 unspecified atom stereocenters. The molecule has 1 aromatic carbocycles. The van der Waals surface area contributed by atoms with Crippen LogP contribution in [0.3, 0.4) is 0 Å². The average molecular weight is 318 g/mol. The number of ether oxygens (including phenoxy) is 1. The van der Waals surface area contributed by atoms with Gasteiger partial charge >= 0.3 is 5.97 Å². The summed E-state index contributed by atoms with van der Waals surface area (Å²) in [5, 5.41) is 0. The van der Waals surface area contributed by atoms with Crippen LogP contribution in [0, 0.1) is 23.6 Å². The molecule has 2 saturated carbocycles. The van der Waals surface area contributed by atoms with E-state index >= 15 is 0 Å². The lowest BCUT2D eigenvalue weighted by Gasteiger charge is -2.41. The third-order valence-electron chi connectivity index (χ3n) is 5.72. The largest absolute Gasteiger partial charge is 0.459 e. The van der Waals surface area contributed by atoms with Crippen LogP contribution in [0.1, 0.15) is 68.6 Å². The summed E-state index contributed by atoms with van der Waals surface area (Å²) in [6, 6.07) is 5.61. The van der Waals surface area contributed by atoms with Crippen LogP contribution in [0.4, 0.5) is 4.39 Å². The first-order valence-corrected chi connectivity index (χ1v) is 9.12.